The van der Waals surface area contributed by atoms with Gasteiger partial charge in [0, 0.05) is 28.4 Å². The maximum atomic E-state index is 12.6. The number of rotatable bonds is 4. The van der Waals surface area contributed by atoms with Gasteiger partial charge in [-0.3, -0.25) is 9.78 Å². The number of anilines is 3. The molecular weight excluding hydrogens is 360 g/mol. The van der Waals surface area contributed by atoms with Crippen LogP contribution in [0.3, 0.4) is 0 Å². The monoisotopic (exact) mass is 376 g/mol. The molecule has 0 radical (unpaired) electrons. The summed E-state index contributed by atoms with van der Waals surface area (Å²) < 4.78 is 0. The minimum atomic E-state index is -0.281. The van der Waals surface area contributed by atoms with Gasteiger partial charge in [-0.1, -0.05) is 6.07 Å². The number of benzene rings is 1. The molecule has 8 heteroatoms. The zero-order valence-corrected chi connectivity index (χ0v) is 15.5. The van der Waals surface area contributed by atoms with Gasteiger partial charge in [0.15, 0.2) is 5.13 Å². The molecular formula is C19H16N6OS. The van der Waals surface area contributed by atoms with Crippen LogP contribution in [0.4, 0.5) is 16.8 Å². The summed E-state index contributed by atoms with van der Waals surface area (Å²) in [6.45, 7) is 3.80. The van der Waals surface area contributed by atoms with Gasteiger partial charge < -0.3 is 10.6 Å². The normalized spacial score (nSPS) is 10.7. The molecule has 0 atom stereocenters. The van der Waals surface area contributed by atoms with E-state index in [-0.39, 0.29) is 5.91 Å². The molecule has 134 valence electrons. The van der Waals surface area contributed by atoms with Crippen molar-refractivity contribution in [1.82, 2.24) is 19.9 Å². The first-order valence-electron chi connectivity index (χ1n) is 8.28. The first-order valence-corrected chi connectivity index (χ1v) is 9.16. The Bertz CT molecular complexity index is 1110. The predicted octanol–water partition coefficient (Wildman–Crippen LogP) is 4.09. The molecule has 7 nitrogen and oxygen atoms in total. The molecule has 27 heavy (non-hydrogen) atoms. The number of aromatic nitrogens is 4. The summed E-state index contributed by atoms with van der Waals surface area (Å²) in [6, 6.07) is 11.3. The smallest absolute Gasteiger partial charge is 0.275 e. The highest BCUT2D eigenvalue weighted by Crippen LogP contribution is 2.23. The van der Waals surface area contributed by atoms with Crippen LogP contribution in [-0.2, 0) is 0 Å². The van der Waals surface area contributed by atoms with Crippen LogP contribution in [0.15, 0.2) is 48.0 Å². The Morgan fingerprint density at radius 2 is 1.85 bits per heavy atom. The average Bonchev–Trinajstić information content (AvgIpc) is 3.10. The lowest BCUT2D eigenvalue weighted by molar-refractivity contribution is 0.102. The van der Waals surface area contributed by atoms with Crippen LogP contribution in [0.5, 0.6) is 0 Å². The van der Waals surface area contributed by atoms with Gasteiger partial charge in [0.25, 0.3) is 5.91 Å². The van der Waals surface area contributed by atoms with Crippen LogP contribution >= 0.6 is 11.3 Å². The van der Waals surface area contributed by atoms with Crippen LogP contribution in [0.25, 0.3) is 10.9 Å². The van der Waals surface area contributed by atoms with E-state index in [0.717, 1.165) is 22.3 Å². The van der Waals surface area contributed by atoms with Crippen LogP contribution < -0.4 is 10.6 Å². The number of nitrogens with one attached hydrogen (secondary N) is 2. The number of thiazole rings is 1. The van der Waals surface area contributed by atoms with Crippen LogP contribution in [0.1, 0.15) is 21.9 Å². The van der Waals surface area contributed by atoms with Gasteiger partial charge >= 0.3 is 0 Å². The predicted molar refractivity (Wildman–Crippen MR) is 107 cm³/mol. The van der Waals surface area contributed by atoms with Crippen molar-refractivity contribution in [2.24, 2.45) is 0 Å². The van der Waals surface area contributed by atoms with Crippen molar-refractivity contribution in [3.63, 3.8) is 0 Å². The lowest BCUT2D eigenvalue weighted by Gasteiger charge is -2.07. The van der Waals surface area contributed by atoms with E-state index >= 15 is 0 Å². The van der Waals surface area contributed by atoms with Crippen molar-refractivity contribution in [3.05, 3.63) is 65.1 Å². The summed E-state index contributed by atoms with van der Waals surface area (Å²) in [5.74, 6) is 0.186. The molecule has 0 spiro atoms. The largest absolute Gasteiger partial charge is 0.320 e. The van der Waals surface area contributed by atoms with Crippen molar-refractivity contribution < 1.29 is 4.79 Å². The molecule has 0 aliphatic rings. The third-order valence-corrected chi connectivity index (χ3v) is 4.59. The Labute approximate surface area is 159 Å². The van der Waals surface area contributed by atoms with Gasteiger partial charge in [-0.25, -0.2) is 15.0 Å². The molecule has 0 bridgehead atoms. The van der Waals surface area contributed by atoms with Crippen molar-refractivity contribution in [2.45, 2.75) is 13.8 Å². The molecule has 0 aliphatic carbocycles. The maximum absolute atomic E-state index is 12.6. The molecule has 2 N–H and O–H groups in total. The Morgan fingerprint density at radius 1 is 1.04 bits per heavy atom. The number of carbonyl (C=O) groups is 1. The Morgan fingerprint density at radius 3 is 2.67 bits per heavy atom. The van der Waals surface area contributed by atoms with E-state index in [1.54, 1.807) is 11.6 Å². The molecule has 4 aromatic rings. The maximum Gasteiger partial charge on any atom is 0.275 e. The number of hydrogen-bond donors (Lipinski definition) is 2. The van der Waals surface area contributed by atoms with Crippen molar-refractivity contribution in [3.8, 4) is 0 Å². The number of fused-ring (bicyclic) bond motifs is 1. The van der Waals surface area contributed by atoms with Crippen LogP contribution in [-0.4, -0.2) is 25.8 Å². The molecule has 0 fully saturated rings. The zero-order valence-electron chi connectivity index (χ0n) is 14.7. The fourth-order valence-corrected chi connectivity index (χ4v) is 3.40. The van der Waals surface area contributed by atoms with E-state index in [9.17, 15) is 4.79 Å². The summed E-state index contributed by atoms with van der Waals surface area (Å²) >= 11 is 1.32. The summed E-state index contributed by atoms with van der Waals surface area (Å²) in [4.78, 5) is 29.9. The fraction of sp³-hybridized carbons (Fsp3) is 0.105. The average molecular weight is 376 g/mol. The molecule has 4 rings (SSSR count). The summed E-state index contributed by atoms with van der Waals surface area (Å²) in [5, 5.41) is 9.09. The molecule has 0 aliphatic heterocycles. The quantitative estimate of drug-likeness (QED) is 0.557. The summed E-state index contributed by atoms with van der Waals surface area (Å²) in [7, 11) is 0. The van der Waals surface area contributed by atoms with Gasteiger partial charge in [0.2, 0.25) is 5.95 Å². The molecule has 3 heterocycles. The van der Waals surface area contributed by atoms with Crippen LogP contribution in [0.2, 0.25) is 0 Å². The molecule has 0 unspecified atom stereocenters. The van der Waals surface area contributed by atoms with Crippen LogP contribution in [0, 0.1) is 13.8 Å². The molecule has 0 saturated carbocycles. The summed E-state index contributed by atoms with van der Waals surface area (Å²) in [6.07, 6.45) is 1.72. The number of aryl methyl sites for hydroxylation is 2. The van der Waals surface area contributed by atoms with Gasteiger partial charge in [0.05, 0.1) is 11.2 Å². The Hall–Kier alpha value is -3.39. The molecule has 0 saturated heterocycles. The topological polar surface area (TPSA) is 92.7 Å². The minimum Gasteiger partial charge on any atom is -0.320 e. The first kappa shape index (κ1) is 17.0. The van der Waals surface area contributed by atoms with E-state index in [4.69, 9.17) is 0 Å². The van der Waals surface area contributed by atoms with Crippen molar-refractivity contribution >= 4 is 44.9 Å². The van der Waals surface area contributed by atoms with Gasteiger partial charge in [0.1, 0.15) is 5.69 Å². The minimum absolute atomic E-state index is 0.281. The van der Waals surface area contributed by atoms with E-state index in [2.05, 4.69) is 30.6 Å². The van der Waals surface area contributed by atoms with E-state index < -0.39 is 0 Å². The third-order valence-electron chi connectivity index (χ3n) is 3.83. The van der Waals surface area contributed by atoms with E-state index in [1.807, 2.05) is 50.2 Å². The second-order valence-electron chi connectivity index (χ2n) is 5.97. The zero-order chi connectivity index (χ0) is 18.8. The fourth-order valence-electron chi connectivity index (χ4n) is 2.71. The molecule has 1 aromatic carbocycles. The van der Waals surface area contributed by atoms with Gasteiger partial charge in [-0.15, -0.1) is 11.3 Å². The number of nitrogens with zero attached hydrogens (tertiary/aromatic N) is 4. The Kier molecular flexibility index (Phi) is 4.47. The number of amides is 1. The van der Waals surface area contributed by atoms with Gasteiger partial charge in [-0.2, -0.15) is 0 Å². The van der Waals surface area contributed by atoms with Crippen molar-refractivity contribution in [2.75, 3.05) is 10.6 Å². The third kappa shape index (κ3) is 3.75. The lowest BCUT2D eigenvalue weighted by atomic mass is 10.2. The highest BCUT2D eigenvalue weighted by atomic mass is 32.1. The number of carbonyl (C=O) groups excluding carboxylic acids is 1. The second kappa shape index (κ2) is 7.08. The number of pyridine rings is 1. The SMILES string of the molecule is Cc1cc(C)nc(Nc2nc(C(=O)Nc3cccc4ncccc34)cs2)n1. The van der Waals surface area contributed by atoms with Gasteiger partial charge in [-0.05, 0) is 44.2 Å². The van der Waals surface area contributed by atoms with E-state index in [0.29, 0.717) is 22.5 Å². The first-order chi connectivity index (χ1) is 13.1. The lowest BCUT2D eigenvalue weighted by Crippen LogP contribution is -2.12. The second-order valence-corrected chi connectivity index (χ2v) is 6.83. The standard InChI is InChI=1S/C19H16N6OS/c1-11-9-12(2)22-18(21-11)25-19-24-16(10-27-19)17(26)23-15-7-3-6-14-13(15)5-4-8-20-14/h3-10H,1-2H3,(H,23,26)(H,21,22,24,25). The van der Waals surface area contributed by atoms with Crippen molar-refractivity contribution in [1.29, 1.82) is 0 Å². The molecule has 3 aromatic heterocycles. The Balaban J connectivity index is 1.53. The number of hydrogen-bond acceptors (Lipinski definition) is 7. The van der Waals surface area contributed by atoms with E-state index in [1.165, 1.54) is 11.3 Å². The summed E-state index contributed by atoms with van der Waals surface area (Å²) in [5.41, 5.74) is 3.58. The highest BCUT2D eigenvalue weighted by Gasteiger charge is 2.13. The molecule has 1 amide bonds. The highest BCUT2D eigenvalue weighted by molar-refractivity contribution is 7.14.